The first-order valence-corrected chi connectivity index (χ1v) is 6.98. The van der Waals surface area contributed by atoms with Gasteiger partial charge in [0, 0.05) is 18.8 Å². The highest BCUT2D eigenvalue weighted by Crippen LogP contribution is 2.19. The van der Waals surface area contributed by atoms with Crippen LogP contribution in [0.4, 0.5) is 10.5 Å². The number of anilines is 1. The van der Waals surface area contributed by atoms with Crippen LogP contribution in [-0.2, 0) is 0 Å². The van der Waals surface area contributed by atoms with E-state index >= 15 is 0 Å². The van der Waals surface area contributed by atoms with Crippen LogP contribution in [0.5, 0.6) is 5.75 Å². The molecule has 1 atom stereocenters. The van der Waals surface area contributed by atoms with Crippen molar-refractivity contribution in [3.05, 3.63) is 24.3 Å². The average molecular weight is 262 g/mol. The molecule has 0 aromatic heterocycles. The predicted octanol–water partition coefficient (Wildman–Crippen LogP) is 3.35. The highest BCUT2D eigenvalue weighted by Gasteiger charge is 2.20. The maximum atomic E-state index is 12.1. The van der Waals surface area contributed by atoms with E-state index in [1.807, 2.05) is 36.1 Å². The van der Waals surface area contributed by atoms with E-state index in [1.165, 1.54) is 6.42 Å². The predicted molar refractivity (Wildman–Crippen MR) is 76.6 cm³/mol. The summed E-state index contributed by atoms with van der Waals surface area (Å²) in [5, 5.41) is 2.93. The normalized spacial score (nSPS) is 19.1. The van der Waals surface area contributed by atoms with Gasteiger partial charge in [0.05, 0.1) is 6.61 Å². The Bertz CT molecular complexity index is 417. The fraction of sp³-hybridized carbons (Fsp3) is 0.533. The number of nitrogens with one attached hydrogen (secondary N) is 1. The van der Waals surface area contributed by atoms with E-state index in [0.29, 0.717) is 12.5 Å². The Kier molecular flexibility index (Phi) is 4.66. The van der Waals surface area contributed by atoms with Gasteiger partial charge in [0.1, 0.15) is 5.75 Å². The van der Waals surface area contributed by atoms with Gasteiger partial charge in [0.25, 0.3) is 0 Å². The molecule has 19 heavy (non-hydrogen) atoms. The van der Waals surface area contributed by atoms with Crippen LogP contribution >= 0.6 is 0 Å². The Morgan fingerprint density at radius 1 is 1.42 bits per heavy atom. The second kappa shape index (κ2) is 6.45. The zero-order valence-corrected chi connectivity index (χ0v) is 11.7. The molecule has 1 aromatic carbocycles. The van der Waals surface area contributed by atoms with E-state index in [9.17, 15) is 4.79 Å². The topological polar surface area (TPSA) is 41.6 Å². The minimum atomic E-state index is -0.00397. The lowest BCUT2D eigenvalue weighted by Crippen LogP contribution is -2.41. The molecule has 1 N–H and O–H groups in total. The van der Waals surface area contributed by atoms with Crippen LogP contribution in [0.15, 0.2) is 24.3 Å². The Balaban J connectivity index is 1.90. The average Bonchev–Trinajstić information content (AvgIpc) is 2.41. The minimum absolute atomic E-state index is 0.00397. The first kappa shape index (κ1) is 13.7. The molecular weight excluding hydrogens is 240 g/mol. The molecule has 0 radical (unpaired) electrons. The molecule has 2 rings (SSSR count). The van der Waals surface area contributed by atoms with Gasteiger partial charge in [-0.05, 0) is 49.9 Å². The summed E-state index contributed by atoms with van der Waals surface area (Å²) in [6.45, 7) is 6.50. The number of carbonyl (C=O) groups is 1. The number of piperidine rings is 1. The third kappa shape index (κ3) is 3.88. The Morgan fingerprint density at radius 2 is 2.16 bits per heavy atom. The van der Waals surface area contributed by atoms with Crippen molar-refractivity contribution in [2.24, 2.45) is 5.92 Å². The van der Waals surface area contributed by atoms with Gasteiger partial charge in [-0.15, -0.1) is 0 Å². The van der Waals surface area contributed by atoms with Crippen molar-refractivity contribution in [3.63, 3.8) is 0 Å². The molecule has 4 nitrogen and oxygen atoms in total. The molecule has 2 amide bonds. The maximum absolute atomic E-state index is 12.1. The summed E-state index contributed by atoms with van der Waals surface area (Å²) in [5.74, 6) is 1.42. The maximum Gasteiger partial charge on any atom is 0.321 e. The second-order valence-electron chi connectivity index (χ2n) is 5.08. The molecule has 1 aliphatic heterocycles. The number of carbonyl (C=O) groups excluding carboxylic acids is 1. The summed E-state index contributed by atoms with van der Waals surface area (Å²) < 4.78 is 5.37. The molecule has 1 aliphatic rings. The Labute approximate surface area is 114 Å². The van der Waals surface area contributed by atoms with Gasteiger partial charge < -0.3 is 15.0 Å². The molecular formula is C15H22N2O2. The lowest BCUT2D eigenvalue weighted by Gasteiger charge is -2.30. The third-order valence-electron chi connectivity index (χ3n) is 3.36. The molecule has 0 unspecified atom stereocenters. The number of likely N-dealkylation sites (tertiary alicyclic amines) is 1. The summed E-state index contributed by atoms with van der Waals surface area (Å²) in [5.41, 5.74) is 0.812. The van der Waals surface area contributed by atoms with E-state index in [2.05, 4.69) is 12.2 Å². The fourth-order valence-corrected chi connectivity index (χ4v) is 2.38. The molecule has 0 aliphatic carbocycles. The molecule has 0 spiro atoms. The number of amides is 2. The SMILES string of the molecule is CCOc1ccc(NC(=O)N2CCC[C@@H](C)C2)cc1. The summed E-state index contributed by atoms with van der Waals surface area (Å²) in [6, 6.07) is 7.48. The van der Waals surface area contributed by atoms with E-state index < -0.39 is 0 Å². The van der Waals surface area contributed by atoms with Gasteiger partial charge in [-0.3, -0.25) is 0 Å². The molecule has 0 bridgehead atoms. The summed E-state index contributed by atoms with van der Waals surface area (Å²) in [4.78, 5) is 14.0. The van der Waals surface area contributed by atoms with Gasteiger partial charge in [0.2, 0.25) is 0 Å². The Hall–Kier alpha value is -1.71. The highest BCUT2D eigenvalue weighted by atomic mass is 16.5. The lowest BCUT2D eigenvalue weighted by molar-refractivity contribution is 0.182. The van der Waals surface area contributed by atoms with Crippen molar-refractivity contribution < 1.29 is 9.53 Å². The van der Waals surface area contributed by atoms with Crippen LogP contribution in [-0.4, -0.2) is 30.6 Å². The van der Waals surface area contributed by atoms with Gasteiger partial charge in [-0.2, -0.15) is 0 Å². The molecule has 104 valence electrons. The van der Waals surface area contributed by atoms with Crippen molar-refractivity contribution in [1.29, 1.82) is 0 Å². The van der Waals surface area contributed by atoms with E-state index in [-0.39, 0.29) is 6.03 Å². The van der Waals surface area contributed by atoms with Crippen molar-refractivity contribution in [2.45, 2.75) is 26.7 Å². The number of hydrogen-bond acceptors (Lipinski definition) is 2. The van der Waals surface area contributed by atoms with Crippen LogP contribution < -0.4 is 10.1 Å². The third-order valence-corrected chi connectivity index (χ3v) is 3.36. The summed E-state index contributed by atoms with van der Waals surface area (Å²) >= 11 is 0. The first-order valence-electron chi connectivity index (χ1n) is 6.98. The zero-order valence-electron chi connectivity index (χ0n) is 11.7. The summed E-state index contributed by atoms with van der Waals surface area (Å²) in [6.07, 6.45) is 2.31. The number of rotatable bonds is 3. The highest BCUT2D eigenvalue weighted by molar-refractivity contribution is 5.89. The molecule has 1 fully saturated rings. The molecule has 4 heteroatoms. The molecule has 1 aromatic rings. The van der Waals surface area contributed by atoms with Crippen molar-refractivity contribution in [2.75, 3.05) is 25.0 Å². The van der Waals surface area contributed by atoms with Crippen LogP contribution in [0.3, 0.4) is 0 Å². The largest absolute Gasteiger partial charge is 0.494 e. The molecule has 0 saturated carbocycles. The number of benzene rings is 1. The van der Waals surface area contributed by atoms with E-state index in [0.717, 1.165) is 30.9 Å². The monoisotopic (exact) mass is 262 g/mol. The molecule has 1 saturated heterocycles. The Morgan fingerprint density at radius 3 is 2.79 bits per heavy atom. The standard InChI is InChI=1S/C15H22N2O2/c1-3-19-14-8-6-13(7-9-14)16-15(18)17-10-4-5-12(2)11-17/h6-9,12H,3-5,10-11H2,1-2H3,(H,16,18)/t12-/m1/s1. The van der Waals surface area contributed by atoms with E-state index in [1.54, 1.807) is 0 Å². The summed E-state index contributed by atoms with van der Waals surface area (Å²) in [7, 11) is 0. The minimum Gasteiger partial charge on any atom is -0.494 e. The van der Waals surface area contributed by atoms with Crippen molar-refractivity contribution in [1.82, 2.24) is 4.90 Å². The van der Waals surface area contributed by atoms with Crippen LogP contribution in [0, 0.1) is 5.92 Å². The van der Waals surface area contributed by atoms with Crippen molar-refractivity contribution in [3.8, 4) is 5.75 Å². The smallest absolute Gasteiger partial charge is 0.321 e. The van der Waals surface area contributed by atoms with Gasteiger partial charge in [-0.1, -0.05) is 6.92 Å². The lowest BCUT2D eigenvalue weighted by atomic mass is 10.0. The number of hydrogen-bond donors (Lipinski definition) is 1. The van der Waals surface area contributed by atoms with Gasteiger partial charge >= 0.3 is 6.03 Å². The molecule has 1 heterocycles. The fourth-order valence-electron chi connectivity index (χ4n) is 2.38. The van der Waals surface area contributed by atoms with E-state index in [4.69, 9.17) is 4.74 Å². The number of nitrogens with zero attached hydrogens (tertiary/aromatic N) is 1. The van der Waals surface area contributed by atoms with Crippen LogP contribution in [0.25, 0.3) is 0 Å². The number of urea groups is 1. The van der Waals surface area contributed by atoms with Gasteiger partial charge in [0.15, 0.2) is 0 Å². The van der Waals surface area contributed by atoms with Gasteiger partial charge in [-0.25, -0.2) is 4.79 Å². The quantitative estimate of drug-likeness (QED) is 0.907. The number of ether oxygens (including phenoxy) is 1. The van der Waals surface area contributed by atoms with Crippen LogP contribution in [0.2, 0.25) is 0 Å². The zero-order chi connectivity index (χ0) is 13.7. The second-order valence-corrected chi connectivity index (χ2v) is 5.08. The van der Waals surface area contributed by atoms with Crippen LogP contribution in [0.1, 0.15) is 26.7 Å². The van der Waals surface area contributed by atoms with Crippen molar-refractivity contribution >= 4 is 11.7 Å². The first-order chi connectivity index (χ1) is 9.19.